The molecule has 1 aromatic heterocycles. The van der Waals surface area contributed by atoms with Gasteiger partial charge < -0.3 is 9.15 Å². The maximum atomic E-state index is 12.7. The van der Waals surface area contributed by atoms with E-state index in [1.807, 2.05) is 0 Å². The lowest BCUT2D eigenvalue weighted by Gasteiger charge is -2.26. The maximum Gasteiger partial charge on any atom is 0.417 e. The normalized spacial score (nSPS) is 17.2. The fourth-order valence-corrected chi connectivity index (χ4v) is 4.28. The summed E-state index contributed by atoms with van der Waals surface area (Å²) in [7, 11) is -3.82. The first-order chi connectivity index (χ1) is 11.9. The molecule has 0 amide bonds. The van der Waals surface area contributed by atoms with Gasteiger partial charge in [0.05, 0.1) is 23.1 Å². The number of oxazole rings is 1. The van der Waals surface area contributed by atoms with Crippen molar-refractivity contribution in [2.45, 2.75) is 17.4 Å². The van der Waals surface area contributed by atoms with Crippen molar-refractivity contribution in [2.24, 2.45) is 0 Å². The minimum atomic E-state index is -3.82. The van der Waals surface area contributed by atoms with E-state index in [0.29, 0.717) is 34.9 Å². The molecule has 25 heavy (non-hydrogen) atoms. The van der Waals surface area contributed by atoms with Crippen LogP contribution in [0.1, 0.15) is 18.0 Å². The highest BCUT2D eigenvalue weighted by molar-refractivity contribution is 7.89. The Morgan fingerprint density at radius 1 is 1.20 bits per heavy atom. The molecule has 7 nitrogen and oxygen atoms in total. The summed E-state index contributed by atoms with van der Waals surface area (Å²) in [6, 6.07) is 8.86. The van der Waals surface area contributed by atoms with Crippen LogP contribution in [0.3, 0.4) is 0 Å². The van der Waals surface area contributed by atoms with E-state index in [0.717, 1.165) is 0 Å². The minimum Gasteiger partial charge on any atom is -0.493 e. The summed E-state index contributed by atoms with van der Waals surface area (Å²) < 4.78 is 38.6. The van der Waals surface area contributed by atoms with Gasteiger partial charge in [0.25, 0.3) is 0 Å². The number of H-pyrrole nitrogens is 1. The van der Waals surface area contributed by atoms with Crippen molar-refractivity contribution in [3.63, 3.8) is 0 Å². The fraction of sp³-hybridized carbons (Fsp3) is 0.188. The van der Waals surface area contributed by atoms with Crippen LogP contribution in [-0.4, -0.2) is 20.0 Å². The smallest absolute Gasteiger partial charge is 0.417 e. The molecule has 2 aromatic carbocycles. The molecular weight excluding hydrogens is 368 g/mol. The van der Waals surface area contributed by atoms with E-state index in [2.05, 4.69) is 9.71 Å². The number of halogens is 1. The molecule has 1 aliphatic heterocycles. The van der Waals surface area contributed by atoms with Crippen molar-refractivity contribution in [1.29, 1.82) is 0 Å². The first-order valence-electron chi connectivity index (χ1n) is 7.50. The number of rotatable bonds is 3. The highest BCUT2D eigenvalue weighted by Crippen LogP contribution is 2.35. The Morgan fingerprint density at radius 2 is 2.04 bits per heavy atom. The number of aromatic amines is 1. The summed E-state index contributed by atoms with van der Waals surface area (Å²) in [6.07, 6.45) is 0.480. The van der Waals surface area contributed by atoms with E-state index in [1.165, 1.54) is 18.2 Å². The van der Waals surface area contributed by atoms with Gasteiger partial charge in [0.15, 0.2) is 5.58 Å². The predicted molar refractivity (Wildman–Crippen MR) is 91.5 cm³/mol. The van der Waals surface area contributed by atoms with Gasteiger partial charge >= 0.3 is 5.76 Å². The minimum absolute atomic E-state index is 0.0119. The average Bonchev–Trinajstić information content (AvgIpc) is 2.94. The summed E-state index contributed by atoms with van der Waals surface area (Å²) in [5, 5.41) is 0.504. The Balaban J connectivity index is 1.69. The zero-order valence-corrected chi connectivity index (χ0v) is 14.4. The molecule has 1 atom stereocenters. The van der Waals surface area contributed by atoms with Gasteiger partial charge in [-0.2, -0.15) is 0 Å². The molecule has 3 aromatic rings. The van der Waals surface area contributed by atoms with Gasteiger partial charge in [-0.25, -0.2) is 17.9 Å². The first-order valence-corrected chi connectivity index (χ1v) is 9.36. The van der Waals surface area contributed by atoms with Crippen molar-refractivity contribution in [3.05, 3.63) is 57.5 Å². The van der Waals surface area contributed by atoms with Crippen molar-refractivity contribution >= 4 is 32.7 Å². The predicted octanol–water partition coefficient (Wildman–Crippen LogP) is 2.58. The third-order valence-corrected chi connectivity index (χ3v) is 5.72. The van der Waals surface area contributed by atoms with E-state index in [9.17, 15) is 13.2 Å². The van der Waals surface area contributed by atoms with Crippen molar-refractivity contribution in [2.75, 3.05) is 6.61 Å². The highest BCUT2D eigenvalue weighted by Gasteiger charge is 2.27. The molecule has 130 valence electrons. The van der Waals surface area contributed by atoms with Gasteiger partial charge in [-0.3, -0.25) is 4.98 Å². The number of hydrogen-bond donors (Lipinski definition) is 2. The standard InChI is InChI=1S/C16H13ClN2O5S/c17-9-1-4-14-11(7-9)12(5-6-23-14)19-25(21,22)10-2-3-13-15(8-10)24-16(20)18-13/h1-4,7-8,12,19H,5-6H2,(H,18,20). The van der Waals surface area contributed by atoms with E-state index in [-0.39, 0.29) is 10.5 Å². The lowest BCUT2D eigenvalue weighted by atomic mass is 10.0. The molecule has 2 N–H and O–H groups in total. The van der Waals surface area contributed by atoms with E-state index >= 15 is 0 Å². The number of fused-ring (bicyclic) bond motifs is 2. The number of hydrogen-bond acceptors (Lipinski definition) is 5. The van der Waals surface area contributed by atoms with Crippen molar-refractivity contribution in [3.8, 4) is 5.75 Å². The Morgan fingerprint density at radius 3 is 2.88 bits per heavy atom. The van der Waals surface area contributed by atoms with Crippen LogP contribution >= 0.6 is 11.6 Å². The van der Waals surface area contributed by atoms with Gasteiger partial charge in [0.2, 0.25) is 10.0 Å². The Bertz CT molecular complexity index is 1120. The number of sulfonamides is 1. The van der Waals surface area contributed by atoms with Gasteiger partial charge in [-0.1, -0.05) is 11.6 Å². The lowest BCUT2D eigenvalue weighted by molar-refractivity contribution is 0.263. The molecule has 0 radical (unpaired) electrons. The van der Waals surface area contributed by atoms with Gasteiger partial charge in [-0.05, 0) is 30.3 Å². The molecule has 0 bridgehead atoms. The molecule has 0 spiro atoms. The van der Waals surface area contributed by atoms with Gasteiger partial charge in [0, 0.05) is 23.1 Å². The molecule has 0 aliphatic carbocycles. The Kier molecular flexibility index (Phi) is 3.82. The summed E-state index contributed by atoms with van der Waals surface area (Å²) in [5.41, 5.74) is 1.31. The van der Waals surface area contributed by atoms with Crippen LogP contribution in [-0.2, 0) is 10.0 Å². The topological polar surface area (TPSA) is 101 Å². The van der Waals surface area contributed by atoms with Crippen LogP contribution in [0, 0.1) is 0 Å². The van der Waals surface area contributed by atoms with Crippen LogP contribution in [0.5, 0.6) is 5.75 Å². The zero-order chi connectivity index (χ0) is 17.6. The molecule has 2 heterocycles. The SMILES string of the molecule is O=c1[nH]c2ccc(S(=O)(=O)NC3CCOc4ccc(Cl)cc43)cc2o1. The molecule has 9 heteroatoms. The largest absolute Gasteiger partial charge is 0.493 e. The second kappa shape index (κ2) is 5.91. The van der Waals surface area contributed by atoms with Crippen molar-refractivity contribution in [1.82, 2.24) is 9.71 Å². The lowest BCUT2D eigenvalue weighted by Crippen LogP contribution is -2.32. The quantitative estimate of drug-likeness (QED) is 0.727. The first kappa shape index (κ1) is 16.2. The van der Waals surface area contributed by atoms with Crippen LogP contribution in [0.25, 0.3) is 11.1 Å². The Labute approximate surface area is 147 Å². The third kappa shape index (κ3) is 3.04. The highest BCUT2D eigenvalue weighted by atomic mass is 35.5. The molecular formula is C16H13ClN2O5S. The molecule has 1 unspecified atom stereocenters. The van der Waals surface area contributed by atoms with E-state index < -0.39 is 21.8 Å². The van der Waals surface area contributed by atoms with Gasteiger partial charge in [0.1, 0.15) is 5.75 Å². The van der Waals surface area contributed by atoms with E-state index in [4.69, 9.17) is 20.8 Å². The molecule has 0 saturated carbocycles. The summed E-state index contributed by atoms with van der Waals surface area (Å²) in [5.74, 6) is -0.0269. The third-order valence-electron chi connectivity index (χ3n) is 4.01. The van der Waals surface area contributed by atoms with Crippen LogP contribution in [0.4, 0.5) is 0 Å². The second-order valence-electron chi connectivity index (χ2n) is 5.67. The molecule has 4 rings (SSSR count). The molecule has 1 aliphatic rings. The maximum absolute atomic E-state index is 12.7. The van der Waals surface area contributed by atoms with Crippen LogP contribution in [0.15, 0.2) is 50.5 Å². The molecule has 0 fully saturated rings. The van der Waals surface area contributed by atoms with Crippen LogP contribution < -0.4 is 15.2 Å². The molecule has 0 saturated heterocycles. The zero-order valence-electron chi connectivity index (χ0n) is 12.8. The second-order valence-corrected chi connectivity index (χ2v) is 7.82. The summed E-state index contributed by atoms with van der Waals surface area (Å²) in [4.78, 5) is 13.7. The summed E-state index contributed by atoms with van der Waals surface area (Å²) >= 11 is 6.02. The van der Waals surface area contributed by atoms with Crippen molar-refractivity contribution < 1.29 is 17.6 Å². The summed E-state index contributed by atoms with van der Waals surface area (Å²) in [6.45, 7) is 0.396. The average molecular weight is 381 g/mol. The number of ether oxygens (including phenoxy) is 1. The van der Waals surface area contributed by atoms with E-state index in [1.54, 1.807) is 18.2 Å². The van der Waals surface area contributed by atoms with Crippen LogP contribution in [0.2, 0.25) is 5.02 Å². The Hall–Kier alpha value is -2.29. The number of nitrogens with one attached hydrogen (secondary N) is 2. The number of benzene rings is 2. The monoisotopic (exact) mass is 380 g/mol. The van der Waals surface area contributed by atoms with Gasteiger partial charge in [-0.15, -0.1) is 0 Å². The number of aromatic nitrogens is 1. The fourth-order valence-electron chi connectivity index (χ4n) is 2.84.